The first-order valence-electron chi connectivity index (χ1n) is 12.0. The minimum atomic E-state index is 0.175. The van der Waals surface area contributed by atoms with Crippen molar-refractivity contribution in [1.82, 2.24) is 0 Å². The molecule has 31 heavy (non-hydrogen) atoms. The van der Waals surface area contributed by atoms with Crippen LogP contribution in [0.3, 0.4) is 0 Å². The van der Waals surface area contributed by atoms with Crippen molar-refractivity contribution < 1.29 is 14.6 Å². The lowest BCUT2D eigenvalue weighted by molar-refractivity contribution is 0.303. The monoisotopic (exact) mass is 425 g/mol. The highest BCUT2D eigenvalue weighted by Gasteiger charge is 2.02. The Morgan fingerprint density at radius 2 is 1.26 bits per heavy atom. The molecule has 2 rings (SSSR count). The Morgan fingerprint density at radius 3 is 1.90 bits per heavy atom. The van der Waals surface area contributed by atoms with Crippen LogP contribution < -0.4 is 9.47 Å². The van der Waals surface area contributed by atoms with Gasteiger partial charge >= 0.3 is 0 Å². The first kappa shape index (κ1) is 24.8. The molecule has 2 aromatic rings. The second-order valence-corrected chi connectivity index (χ2v) is 8.00. The lowest BCUT2D eigenvalue weighted by Gasteiger charge is -2.08. The van der Waals surface area contributed by atoms with Crippen LogP contribution in [0.1, 0.15) is 83.6 Å². The van der Waals surface area contributed by atoms with E-state index in [0.717, 1.165) is 30.9 Å². The van der Waals surface area contributed by atoms with Crippen LogP contribution in [-0.2, 0) is 0 Å². The highest BCUT2D eigenvalue weighted by molar-refractivity contribution is 5.85. The van der Waals surface area contributed by atoms with Gasteiger partial charge in [-0.2, -0.15) is 0 Å². The number of aromatic hydroxyl groups is 1. The normalized spacial score (nSPS) is 11.2. The van der Waals surface area contributed by atoms with Gasteiger partial charge in [0.2, 0.25) is 0 Å². The molecule has 0 aliphatic carbocycles. The van der Waals surface area contributed by atoms with Crippen molar-refractivity contribution in [2.45, 2.75) is 78.1 Å². The van der Waals surface area contributed by atoms with E-state index >= 15 is 0 Å². The predicted molar refractivity (Wildman–Crippen MR) is 130 cm³/mol. The summed E-state index contributed by atoms with van der Waals surface area (Å²) < 4.78 is 11.5. The fourth-order valence-corrected chi connectivity index (χ4v) is 3.29. The van der Waals surface area contributed by atoms with E-state index < -0.39 is 0 Å². The van der Waals surface area contributed by atoms with Crippen molar-refractivity contribution in [1.29, 1.82) is 0 Å². The highest BCUT2D eigenvalue weighted by Crippen LogP contribution is 2.24. The lowest BCUT2D eigenvalue weighted by Crippen LogP contribution is -1.97. The number of aliphatic imine (C=N–C) groups is 1. The number of nitrogens with zero attached hydrogens (tertiary/aromatic N) is 1. The number of benzene rings is 2. The van der Waals surface area contributed by atoms with Crippen molar-refractivity contribution in [3.05, 3.63) is 48.0 Å². The number of rotatable bonds is 16. The number of hydrogen-bond donors (Lipinski definition) is 1. The molecular weight excluding hydrogens is 386 g/mol. The number of ether oxygens (including phenoxy) is 2. The van der Waals surface area contributed by atoms with Gasteiger partial charge in [0.25, 0.3) is 0 Å². The summed E-state index contributed by atoms with van der Waals surface area (Å²) in [6, 6.07) is 13.1. The van der Waals surface area contributed by atoms with Crippen molar-refractivity contribution in [2.75, 3.05) is 13.2 Å². The molecule has 0 heterocycles. The molecule has 2 aromatic carbocycles. The SMILES string of the molecule is CCCCCCCCOc1ccc(N=Cc2ccc(OCCCCCC)cc2O)cc1. The van der Waals surface area contributed by atoms with Crippen LogP contribution in [0.4, 0.5) is 5.69 Å². The molecule has 170 valence electrons. The van der Waals surface area contributed by atoms with Crippen molar-refractivity contribution in [3.63, 3.8) is 0 Å². The Bertz CT molecular complexity index is 756. The molecule has 0 unspecified atom stereocenters. The van der Waals surface area contributed by atoms with Gasteiger partial charge in [0.05, 0.1) is 18.9 Å². The van der Waals surface area contributed by atoms with Crippen molar-refractivity contribution in [3.8, 4) is 17.2 Å². The minimum absolute atomic E-state index is 0.175. The summed E-state index contributed by atoms with van der Waals surface area (Å²) in [4.78, 5) is 4.46. The van der Waals surface area contributed by atoms with E-state index in [2.05, 4.69) is 18.8 Å². The molecule has 0 atom stereocenters. The number of hydrogen-bond acceptors (Lipinski definition) is 4. The Morgan fingerprint density at radius 1 is 0.710 bits per heavy atom. The van der Waals surface area contributed by atoms with E-state index in [4.69, 9.17) is 9.47 Å². The first-order valence-corrected chi connectivity index (χ1v) is 12.0. The molecule has 0 aliphatic heterocycles. The zero-order valence-corrected chi connectivity index (χ0v) is 19.3. The molecule has 0 aromatic heterocycles. The summed E-state index contributed by atoms with van der Waals surface area (Å²) in [7, 11) is 0. The largest absolute Gasteiger partial charge is 0.507 e. The van der Waals surface area contributed by atoms with Gasteiger partial charge in [-0.05, 0) is 49.2 Å². The molecule has 0 saturated carbocycles. The summed E-state index contributed by atoms with van der Waals surface area (Å²) in [5, 5.41) is 10.3. The molecule has 0 spiro atoms. The van der Waals surface area contributed by atoms with Gasteiger partial charge in [0, 0.05) is 17.8 Å². The zero-order valence-electron chi connectivity index (χ0n) is 19.3. The van der Waals surface area contributed by atoms with Crippen molar-refractivity contribution >= 4 is 11.9 Å². The molecule has 1 N–H and O–H groups in total. The molecule has 0 fully saturated rings. The molecule has 0 aliphatic rings. The fraction of sp³-hybridized carbons (Fsp3) is 0.519. The Hall–Kier alpha value is -2.49. The predicted octanol–water partition coefficient (Wildman–Crippen LogP) is 7.84. The van der Waals surface area contributed by atoms with Crippen LogP contribution in [0.25, 0.3) is 0 Å². The number of unbranched alkanes of at least 4 members (excludes halogenated alkanes) is 8. The summed E-state index contributed by atoms with van der Waals surface area (Å²) in [5.74, 6) is 1.74. The highest BCUT2D eigenvalue weighted by atomic mass is 16.5. The summed E-state index contributed by atoms with van der Waals surface area (Å²) in [6.07, 6.45) is 13.9. The van der Waals surface area contributed by atoms with Gasteiger partial charge in [0.15, 0.2) is 0 Å². The molecule has 4 nitrogen and oxygen atoms in total. The maximum atomic E-state index is 10.3. The van der Waals surface area contributed by atoms with Crippen LogP contribution in [-0.4, -0.2) is 24.5 Å². The second-order valence-electron chi connectivity index (χ2n) is 8.00. The van der Waals surface area contributed by atoms with Gasteiger partial charge in [-0.3, -0.25) is 4.99 Å². The van der Waals surface area contributed by atoms with Crippen LogP contribution in [0.15, 0.2) is 47.5 Å². The van der Waals surface area contributed by atoms with Gasteiger partial charge in [0.1, 0.15) is 17.2 Å². The maximum absolute atomic E-state index is 10.3. The van der Waals surface area contributed by atoms with E-state index in [0.29, 0.717) is 17.9 Å². The van der Waals surface area contributed by atoms with E-state index in [1.807, 2.05) is 36.4 Å². The van der Waals surface area contributed by atoms with Crippen LogP contribution in [0, 0.1) is 0 Å². The Labute approximate surface area is 188 Å². The van der Waals surface area contributed by atoms with E-state index in [1.54, 1.807) is 12.3 Å². The summed E-state index contributed by atoms with van der Waals surface area (Å²) in [5.41, 5.74) is 1.49. The third kappa shape index (κ3) is 10.4. The molecular formula is C27H39NO3. The van der Waals surface area contributed by atoms with E-state index in [9.17, 15) is 5.11 Å². The van der Waals surface area contributed by atoms with Gasteiger partial charge < -0.3 is 14.6 Å². The van der Waals surface area contributed by atoms with Crippen LogP contribution in [0.5, 0.6) is 17.2 Å². The molecule has 0 amide bonds. The molecule has 0 saturated heterocycles. The number of phenolic OH excluding ortho intramolecular Hbond substituents is 1. The molecule has 4 heteroatoms. The Kier molecular flexibility index (Phi) is 12.3. The number of phenols is 1. The third-order valence-electron chi connectivity index (χ3n) is 5.22. The maximum Gasteiger partial charge on any atom is 0.128 e. The minimum Gasteiger partial charge on any atom is -0.507 e. The zero-order chi connectivity index (χ0) is 22.2. The summed E-state index contributed by atoms with van der Waals surface area (Å²) >= 11 is 0. The quantitative estimate of drug-likeness (QED) is 0.220. The van der Waals surface area contributed by atoms with Crippen molar-refractivity contribution in [2.24, 2.45) is 4.99 Å². The third-order valence-corrected chi connectivity index (χ3v) is 5.22. The van der Waals surface area contributed by atoms with E-state index in [-0.39, 0.29) is 5.75 Å². The first-order chi connectivity index (χ1) is 15.2. The standard InChI is InChI=1S/C27H39NO3/c1-3-5-7-9-10-12-19-30-25-17-14-24(15-18-25)28-22-23-13-16-26(21-27(23)29)31-20-11-8-6-4-2/h13-18,21-22,29H,3-12,19-20H2,1-2H3. The smallest absolute Gasteiger partial charge is 0.128 e. The topological polar surface area (TPSA) is 51.0 Å². The lowest BCUT2D eigenvalue weighted by atomic mass is 10.1. The average Bonchev–Trinajstić information content (AvgIpc) is 2.78. The fourth-order valence-electron chi connectivity index (χ4n) is 3.29. The van der Waals surface area contributed by atoms with Crippen LogP contribution >= 0.6 is 0 Å². The van der Waals surface area contributed by atoms with Crippen LogP contribution in [0.2, 0.25) is 0 Å². The molecule has 0 radical (unpaired) electrons. The second kappa shape index (κ2) is 15.3. The van der Waals surface area contributed by atoms with Gasteiger partial charge in [-0.25, -0.2) is 0 Å². The average molecular weight is 426 g/mol. The van der Waals surface area contributed by atoms with Gasteiger partial charge in [-0.1, -0.05) is 65.2 Å². The Balaban J connectivity index is 1.74. The molecule has 0 bridgehead atoms. The van der Waals surface area contributed by atoms with Gasteiger partial charge in [-0.15, -0.1) is 0 Å². The summed E-state index contributed by atoms with van der Waals surface area (Å²) in [6.45, 7) is 5.87. The van der Waals surface area contributed by atoms with E-state index in [1.165, 1.54) is 51.4 Å².